The third-order valence-corrected chi connectivity index (χ3v) is 5.96. The number of ether oxygens (including phenoxy) is 1. The first-order valence-corrected chi connectivity index (χ1v) is 10.5. The van der Waals surface area contributed by atoms with Crippen LogP contribution in [-0.4, -0.2) is 46.5 Å². The lowest BCUT2D eigenvalue weighted by molar-refractivity contribution is 0.160. The summed E-state index contributed by atoms with van der Waals surface area (Å²) in [5, 5.41) is 15.0. The van der Waals surface area contributed by atoms with E-state index < -0.39 is 0 Å². The smallest absolute Gasteiger partial charge is 0.151 e. The van der Waals surface area contributed by atoms with Crippen LogP contribution in [0.25, 0.3) is 22.0 Å². The quantitative estimate of drug-likeness (QED) is 0.692. The number of fused-ring (bicyclic) bond motifs is 1. The average Bonchev–Trinajstić information content (AvgIpc) is 2.70. The molecule has 0 spiro atoms. The Hall–Kier alpha value is -2.73. The number of benzene rings is 1. The van der Waals surface area contributed by atoms with Crippen LogP contribution in [-0.2, 0) is 0 Å². The fourth-order valence-electron chi connectivity index (χ4n) is 4.87. The number of rotatable bonds is 4. The van der Waals surface area contributed by atoms with E-state index >= 15 is 0 Å². The minimum absolute atomic E-state index is 0.0847. The van der Waals surface area contributed by atoms with Gasteiger partial charge in [0.2, 0.25) is 0 Å². The van der Waals surface area contributed by atoms with Gasteiger partial charge in [-0.2, -0.15) is 0 Å². The van der Waals surface area contributed by atoms with Crippen molar-refractivity contribution in [3.8, 4) is 17.0 Å². The Balaban J connectivity index is 1.62. The number of nitrogens with one attached hydrogen (secondary N) is 1. The number of pyridine rings is 1. The van der Waals surface area contributed by atoms with Gasteiger partial charge >= 0.3 is 0 Å². The average molecular weight is 406 g/mol. The normalized spacial score (nSPS) is 18.3. The van der Waals surface area contributed by atoms with Crippen LogP contribution in [0.1, 0.15) is 40.5 Å². The van der Waals surface area contributed by atoms with E-state index in [0.29, 0.717) is 6.04 Å². The molecule has 1 aliphatic heterocycles. The van der Waals surface area contributed by atoms with Gasteiger partial charge < -0.3 is 15.0 Å². The van der Waals surface area contributed by atoms with Crippen LogP contribution >= 0.6 is 0 Å². The van der Waals surface area contributed by atoms with Gasteiger partial charge in [0.1, 0.15) is 5.75 Å². The Morgan fingerprint density at radius 3 is 2.37 bits per heavy atom. The zero-order valence-electron chi connectivity index (χ0n) is 18.7. The molecule has 1 fully saturated rings. The van der Waals surface area contributed by atoms with E-state index in [-0.39, 0.29) is 11.1 Å². The Morgan fingerprint density at radius 2 is 1.73 bits per heavy atom. The Kier molecular flexibility index (Phi) is 5.14. The summed E-state index contributed by atoms with van der Waals surface area (Å²) in [4.78, 5) is 6.46. The van der Waals surface area contributed by atoms with Gasteiger partial charge in [0.15, 0.2) is 5.82 Å². The third-order valence-electron chi connectivity index (χ3n) is 5.96. The minimum Gasteiger partial charge on any atom is -0.496 e. The second-order valence-electron chi connectivity index (χ2n) is 9.62. The molecule has 0 radical (unpaired) electrons. The third kappa shape index (κ3) is 4.10. The zero-order valence-corrected chi connectivity index (χ0v) is 18.7. The summed E-state index contributed by atoms with van der Waals surface area (Å²) < 4.78 is 5.61. The number of methoxy groups -OCH3 is 1. The predicted molar refractivity (Wildman–Crippen MR) is 122 cm³/mol. The molecular weight excluding hydrogens is 374 g/mol. The number of nitrogens with zero attached hydrogens (tertiary/aromatic N) is 4. The summed E-state index contributed by atoms with van der Waals surface area (Å²) >= 11 is 0. The molecule has 0 unspecified atom stereocenters. The summed E-state index contributed by atoms with van der Waals surface area (Å²) in [6, 6.07) is 10.6. The maximum atomic E-state index is 5.61. The van der Waals surface area contributed by atoms with Crippen molar-refractivity contribution >= 4 is 16.6 Å². The van der Waals surface area contributed by atoms with E-state index in [2.05, 4.69) is 72.3 Å². The monoisotopic (exact) mass is 405 g/mol. The van der Waals surface area contributed by atoms with E-state index in [4.69, 9.17) is 4.74 Å². The molecule has 1 aromatic carbocycles. The van der Waals surface area contributed by atoms with Gasteiger partial charge in [0.25, 0.3) is 0 Å². The van der Waals surface area contributed by atoms with E-state index in [1.165, 1.54) is 0 Å². The van der Waals surface area contributed by atoms with Crippen LogP contribution in [0.2, 0.25) is 0 Å². The molecule has 4 rings (SSSR count). The van der Waals surface area contributed by atoms with Crippen molar-refractivity contribution in [1.29, 1.82) is 0 Å². The van der Waals surface area contributed by atoms with Gasteiger partial charge in [-0.25, -0.2) is 0 Å². The second-order valence-corrected chi connectivity index (χ2v) is 9.62. The highest BCUT2D eigenvalue weighted by Crippen LogP contribution is 2.35. The molecule has 3 aromatic rings. The van der Waals surface area contributed by atoms with Crippen LogP contribution in [0.5, 0.6) is 5.75 Å². The van der Waals surface area contributed by atoms with Crippen molar-refractivity contribution in [2.75, 3.05) is 19.1 Å². The maximum Gasteiger partial charge on any atom is 0.151 e. The highest BCUT2D eigenvalue weighted by atomic mass is 16.5. The highest BCUT2D eigenvalue weighted by molar-refractivity contribution is 5.89. The number of aromatic nitrogens is 3. The van der Waals surface area contributed by atoms with Crippen LogP contribution in [0, 0.1) is 0 Å². The van der Waals surface area contributed by atoms with Gasteiger partial charge in [-0.05, 0) is 76.3 Å². The van der Waals surface area contributed by atoms with Crippen molar-refractivity contribution in [1.82, 2.24) is 20.5 Å². The molecule has 1 saturated heterocycles. The molecule has 0 amide bonds. The molecule has 1 N–H and O–H groups in total. The molecule has 0 bridgehead atoms. The molecule has 0 aliphatic carbocycles. The topological polar surface area (TPSA) is 63.2 Å². The van der Waals surface area contributed by atoms with Crippen molar-refractivity contribution in [2.24, 2.45) is 0 Å². The first-order valence-electron chi connectivity index (χ1n) is 10.5. The highest BCUT2D eigenvalue weighted by Gasteiger charge is 2.39. The summed E-state index contributed by atoms with van der Waals surface area (Å²) in [6.07, 6.45) is 5.75. The van der Waals surface area contributed by atoms with E-state index in [0.717, 1.165) is 46.4 Å². The fraction of sp³-hybridized carbons (Fsp3) is 0.458. The molecule has 0 saturated carbocycles. The summed E-state index contributed by atoms with van der Waals surface area (Å²) in [6.45, 7) is 9.08. The van der Waals surface area contributed by atoms with Crippen molar-refractivity contribution in [3.63, 3.8) is 0 Å². The van der Waals surface area contributed by atoms with Crippen molar-refractivity contribution in [3.05, 3.63) is 42.7 Å². The standard InChI is InChI=1S/C24H31N5O/c1-23(2)13-18(14-24(3,4)28-23)29(5)22-8-7-20(26-27-22)19-11-16-9-10-25-15-17(16)12-21(19)30-6/h7-12,15,18,28H,13-14H2,1-6H3. The second kappa shape index (κ2) is 7.51. The van der Waals surface area contributed by atoms with Gasteiger partial charge in [0.05, 0.1) is 12.8 Å². The lowest BCUT2D eigenvalue weighted by Crippen LogP contribution is -2.62. The molecule has 3 heterocycles. The Morgan fingerprint density at radius 1 is 1.00 bits per heavy atom. The molecular formula is C24H31N5O. The largest absolute Gasteiger partial charge is 0.496 e. The molecule has 0 atom stereocenters. The molecule has 2 aromatic heterocycles. The Labute approximate surface area is 178 Å². The minimum atomic E-state index is 0.0847. The molecule has 30 heavy (non-hydrogen) atoms. The number of anilines is 1. The fourth-order valence-corrected chi connectivity index (χ4v) is 4.87. The van der Waals surface area contributed by atoms with E-state index in [1.807, 2.05) is 24.4 Å². The van der Waals surface area contributed by atoms with Gasteiger partial charge in [-0.15, -0.1) is 10.2 Å². The molecule has 158 valence electrons. The lowest BCUT2D eigenvalue weighted by atomic mass is 9.79. The molecule has 6 nitrogen and oxygen atoms in total. The van der Waals surface area contributed by atoms with Crippen molar-refractivity contribution < 1.29 is 4.74 Å². The van der Waals surface area contributed by atoms with Gasteiger partial charge in [-0.1, -0.05) is 0 Å². The lowest BCUT2D eigenvalue weighted by Gasteiger charge is -2.49. The van der Waals surface area contributed by atoms with E-state index in [1.54, 1.807) is 13.3 Å². The number of hydrogen-bond donors (Lipinski definition) is 1. The predicted octanol–water partition coefficient (Wildman–Crippen LogP) is 4.45. The van der Waals surface area contributed by atoms with Crippen LogP contribution in [0.4, 0.5) is 5.82 Å². The van der Waals surface area contributed by atoms with Crippen LogP contribution < -0.4 is 15.0 Å². The van der Waals surface area contributed by atoms with Crippen LogP contribution in [0.3, 0.4) is 0 Å². The van der Waals surface area contributed by atoms with Crippen molar-refractivity contribution in [2.45, 2.75) is 57.7 Å². The summed E-state index contributed by atoms with van der Waals surface area (Å²) in [5.41, 5.74) is 1.90. The van der Waals surface area contributed by atoms with Crippen LogP contribution in [0.15, 0.2) is 42.7 Å². The first kappa shape index (κ1) is 20.5. The summed E-state index contributed by atoms with van der Waals surface area (Å²) in [5.74, 6) is 1.66. The maximum absolute atomic E-state index is 5.61. The zero-order chi connectivity index (χ0) is 21.5. The SMILES string of the molecule is COc1cc2cnccc2cc1-c1ccc(N(C)C2CC(C)(C)NC(C)(C)C2)nn1. The van der Waals surface area contributed by atoms with Gasteiger partial charge in [-0.3, -0.25) is 4.98 Å². The number of hydrogen-bond acceptors (Lipinski definition) is 6. The van der Waals surface area contributed by atoms with E-state index in [9.17, 15) is 0 Å². The summed E-state index contributed by atoms with van der Waals surface area (Å²) in [7, 11) is 3.80. The number of piperidine rings is 1. The first-order chi connectivity index (χ1) is 14.2. The Bertz CT molecular complexity index is 1030. The molecule has 6 heteroatoms. The van der Waals surface area contributed by atoms with Gasteiger partial charge in [0, 0.05) is 47.5 Å². The molecule has 1 aliphatic rings.